The number of rotatable bonds is 4. The third kappa shape index (κ3) is 5.08. The molecule has 0 radical (unpaired) electrons. The van der Waals surface area contributed by atoms with Crippen LogP contribution in [0.4, 0.5) is 21.9 Å². The van der Waals surface area contributed by atoms with Gasteiger partial charge in [0, 0.05) is 22.6 Å². The first-order valence-corrected chi connectivity index (χ1v) is 9.27. The first-order valence-electron chi connectivity index (χ1n) is 9.27. The summed E-state index contributed by atoms with van der Waals surface area (Å²) in [6.45, 7) is 1.95. The van der Waals surface area contributed by atoms with Crippen molar-refractivity contribution in [3.63, 3.8) is 0 Å². The van der Waals surface area contributed by atoms with Crippen molar-refractivity contribution in [2.75, 3.05) is 16.0 Å². The van der Waals surface area contributed by atoms with Crippen LogP contribution in [0, 0.1) is 5.92 Å². The van der Waals surface area contributed by atoms with Gasteiger partial charge in [0.2, 0.25) is 5.91 Å². The van der Waals surface area contributed by atoms with Crippen molar-refractivity contribution in [2.45, 2.75) is 38.1 Å². The predicted octanol–water partition coefficient (Wildman–Crippen LogP) is 4.18. The second-order valence-electron chi connectivity index (χ2n) is 7.32. The topological polar surface area (TPSA) is 96.2 Å². The number of carbonyl (C=O) groups is 2. The summed E-state index contributed by atoms with van der Waals surface area (Å²) in [4.78, 5) is 24.8. The molecule has 0 bridgehead atoms. The Morgan fingerprint density at radius 1 is 0.926 bits per heavy atom. The SMILES string of the molecule is CC1(N)CCCCC1C(=O)Nc1cccc(NC(=O)Nc2ccccc2)c1. The molecule has 1 fully saturated rings. The maximum Gasteiger partial charge on any atom is 0.323 e. The second kappa shape index (κ2) is 8.22. The summed E-state index contributed by atoms with van der Waals surface area (Å²) in [5, 5.41) is 8.47. The average Bonchev–Trinajstić information content (AvgIpc) is 2.62. The predicted molar refractivity (Wildman–Crippen MR) is 109 cm³/mol. The van der Waals surface area contributed by atoms with Gasteiger partial charge in [0.1, 0.15) is 0 Å². The van der Waals surface area contributed by atoms with Gasteiger partial charge in [-0.15, -0.1) is 0 Å². The molecule has 6 heteroatoms. The minimum Gasteiger partial charge on any atom is -0.326 e. The molecule has 142 valence electrons. The molecule has 3 rings (SSSR count). The number of nitrogens with two attached hydrogens (primary N) is 1. The fraction of sp³-hybridized carbons (Fsp3) is 0.333. The number of hydrogen-bond acceptors (Lipinski definition) is 3. The van der Waals surface area contributed by atoms with E-state index in [4.69, 9.17) is 5.73 Å². The third-order valence-corrected chi connectivity index (χ3v) is 4.99. The van der Waals surface area contributed by atoms with Crippen LogP contribution in [0.3, 0.4) is 0 Å². The standard InChI is InChI=1S/C21H26N4O2/c1-21(22)13-6-5-12-18(21)19(26)23-16-10-7-11-17(14-16)25-20(27)24-15-8-3-2-4-9-15/h2-4,7-11,14,18H,5-6,12-13,22H2,1H3,(H,23,26)(H2,24,25,27). The van der Waals surface area contributed by atoms with E-state index in [1.807, 2.05) is 37.3 Å². The van der Waals surface area contributed by atoms with Crippen molar-refractivity contribution in [2.24, 2.45) is 11.7 Å². The lowest BCUT2D eigenvalue weighted by Crippen LogP contribution is -2.51. The van der Waals surface area contributed by atoms with Gasteiger partial charge in [-0.1, -0.05) is 37.1 Å². The molecule has 0 saturated heterocycles. The van der Waals surface area contributed by atoms with Gasteiger partial charge in [-0.25, -0.2) is 4.79 Å². The molecule has 3 amide bonds. The summed E-state index contributed by atoms with van der Waals surface area (Å²) in [5.41, 5.74) is 7.78. The van der Waals surface area contributed by atoms with Gasteiger partial charge >= 0.3 is 6.03 Å². The molecule has 0 aliphatic heterocycles. The Morgan fingerprint density at radius 3 is 2.26 bits per heavy atom. The zero-order chi connectivity index (χ0) is 19.3. The van der Waals surface area contributed by atoms with E-state index >= 15 is 0 Å². The highest BCUT2D eigenvalue weighted by Crippen LogP contribution is 2.32. The van der Waals surface area contributed by atoms with E-state index < -0.39 is 5.54 Å². The number of para-hydroxylation sites is 1. The van der Waals surface area contributed by atoms with E-state index in [-0.39, 0.29) is 17.9 Å². The number of carbonyl (C=O) groups excluding carboxylic acids is 2. The van der Waals surface area contributed by atoms with Crippen molar-refractivity contribution < 1.29 is 9.59 Å². The van der Waals surface area contributed by atoms with Crippen LogP contribution in [0.2, 0.25) is 0 Å². The van der Waals surface area contributed by atoms with Crippen LogP contribution in [-0.4, -0.2) is 17.5 Å². The lowest BCUT2D eigenvalue weighted by molar-refractivity contribution is -0.122. The smallest absolute Gasteiger partial charge is 0.323 e. The zero-order valence-corrected chi connectivity index (χ0v) is 15.5. The molecule has 27 heavy (non-hydrogen) atoms. The van der Waals surface area contributed by atoms with Crippen molar-refractivity contribution in [1.29, 1.82) is 0 Å². The van der Waals surface area contributed by atoms with Gasteiger partial charge in [0.05, 0.1) is 5.92 Å². The van der Waals surface area contributed by atoms with E-state index in [1.54, 1.807) is 24.3 Å². The van der Waals surface area contributed by atoms with Crippen LogP contribution in [0.1, 0.15) is 32.6 Å². The van der Waals surface area contributed by atoms with Crippen molar-refractivity contribution in [1.82, 2.24) is 0 Å². The molecule has 0 aromatic heterocycles. The minimum absolute atomic E-state index is 0.0643. The second-order valence-corrected chi connectivity index (χ2v) is 7.32. The van der Waals surface area contributed by atoms with Gasteiger partial charge < -0.3 is 21.7 Å². The highest BCUT2D eigenvalue weighted by Gasteiger charge is 2.37. The van der Waals surface area contributed by atoms with E-state index in [1.165, 1.54) is 0 Å². The van der Waals surface area contributed by atoms with Crippen molar-refractivity contribution in [3.05, 3.63) is 54.6 Å². The van der Waals surface area contributed by atoms with Crippen LogP contribution in [-0.2, 0) is 4.79 Å². The Hall–Kier alpha value is -2.86. The molecule has 5 N–H and O–H groups in total. The van der Waals surface area contributed by atoms with Crippen LogP contribution in [0.5, 0.6) is 0 Å². The Morgan fingerprint density at radius 2 is 1.56 bits per heavy atom. The molecule has 6 nitrogen and oxygen atoms in total. The van der Waals surface area contributed by atoms with Crippen molar-refractivity contribution >= 4 is 29.0 Å². The third-order valence-electron chi connectivity index (χ3n) is 4.99. The molecule has 2 atom stereocenters. The summed E-state index contributed by atoms with van der Waals surface area (Å²) in [7, 11) is 0. The molecule has 2 aromatic carbocycles. The summed E-state index contributed by atoms with van der Waals surface area (Å²) in [5.74, 6) is -0.269. The Kier molecular flexibility index (Phi) is 5.76. The average molecular weight is 366 g/mol. The fourth-order valence-electron chi connectivity index (χ4n) is 3.51. The van der Waals surface area contributed by atoms with Gasteiger partial charge in [0.25, 0.3) is 0 Å². The maximum atomic E-state index is 12.7. The first-order chi connectivity index (χ1) is 12.9. The van der Waals surface area contributed by atoms with Gasteiger partial charge in [-0.05, 0) is 50.1 Å². The molecule has 0 spiro atoms. The number of nitrogens with one attached hydrogen (secondary N) is 3. The Bertz CT molecular complexity index is 805. The number of anilines is 3. The molecule has 2 aromatic rings. The quantitative estimate of drug-likeness (QED) is 0.654. The number of hydrogen-bond donors (Lipinski definition) is 4. The van der Waals surface area contributed by atoms with Gasteiger partial charge in [0.15, 0.2) is 0 Å². The lowest BCUT2D eigenvalue weighted by Gasteiger charge is -2.37. The molecular weight excluding hydrogens is 340 g/mol. The molecule has 1 aliphatic carbocycles. The van der Waals surface area contributed by atoms with E-state index in [9.17, 15) is 9.59 Å². The maximum absolute atomic E-state index is 12.7. The summed E-state index contributed by atoms with van der Waals surface area (Å²) in [6, 6.07) is 16.0. The van der Waals surface area contributed by atoms with Crippen molar-refractivity contribution in [3.8, 4) is 0 Å². The van der Waals surface area contributed by atoms with E-state index in [0.29, 0.717) is 17.1 Å². The summed E-state index contributed by atoms with van der Waals surface area (Å²) >= 11 is 0. The summed E-state index contributed by atoms with van der Waals surface area (Å²) < 4.78 is 0. The van der Waals surface area contributed by atoms with Gasteiger partial charge in [-0.3, -0.25) is 4.79 Å². The van der Waals surface area contributed by atoms with Crippen LogP contribution < -0.4 is 21.7 Å². The Balaban J connectivity index is 1.61. The molecule has 2 unspecified atom stereocenters. The number of amides is 3. The van der Waals surface area contributed by atoms with E-state index in [2.05, 4.69) is 16.0 Å². The molecule has 1 aliphatic rings. The highest BCUT2D eigenvalue weighted by molar-refractivity contribution is 6.00. The minimum atomic E-state index is -0.478. The van der Waals surface area contributed by atoms with E-state index in [0.717, 1.165) is 25.7 Å². The van der Waals surface area contributed by atoms with Gasteiger partial charge in [-0.2, -0.15) is 0 Å². The summed E-state index contributed by atoms with van der Waals surface area (Å²) in [6.07, 6.45) is 3.74. The number of benzene rings is 2. The largest absolute Gasteiger partial charge is 0.326 e. The van der Waals surface area contributed by atoms with Crippen LogP contribution in [0.15, 0.2) is 54.6 Å². The Labute approximate surface area is 159 Å². The first kappa shape index (κ1) is 18.9. The molecule has 1 saturated carbocycles. The molecule has 0 heterocycles. The monoisotopic (exact) mass is 366 g/mol. The zero-order valence-electron chi connectivity index (χ0n) is 15.5. The van der Waals surface area contributed by atoms with Crippen LogP contribution >= 0.6 is 0 Å². The lowest BCUT2D eigenvalue weighted by atomic mass is 9.74. The normalized spacial score (nSPS) is 21.9. The fourth-order valence-corrected chi connectivity index (χ4v) is 3.51. The van der Waals surface area contributed by atoms with Crippen LogP contribution in [0.25, 0.3) is 0 Å². The number of urea groups is 1. The molecular formula is C21H26N4O2. The highest BCUT2D eigenvalue weighted by atomic mass is 16.2.